The first-order chi connectivity index (χ1) is 17.5. The largest absolute Gasteiger partial charge is 0.275 e. The summed E-state index contributed by atoms with van der Waals surface area (Å²) in [5.41, 5.74) is 6.94. The lowest BCUT2D eigenvalue weighted by atomic mass is 9.86. The first-order valence-corrected chi connectivity index (χ1v) is 13.1. The molecule has 3 nitrogen and oxygen atoms in total. The molecule has 0 fully saturated rings. The van der Waals surface area contributed by atoms with Crippen LogP contribution in [0.1, 0.15) is 38.3 Å². The van der Waals surface area contributed by atoms with Crippen LogP contribution < -0.4 is 0 Å². The first kappa shape index (κ1) is 25.5. The van der Waals surface area contributed by atoms with Gasteiger partial charge in [-0.05, 0) is 46.9 Å². The Morgan fingerprint density at radius 3 is 1.83 bits per heavy atom. The third-order valence-electron chi connectivity index (χ3n) is 6.14. The van der Waals surface area contributed by atoms with Crippen molar-refractivity contribution in [1.29, 1.82) is 0 Å². The second kappa shape index (κ2) is 11.4. The van der Waals surface area contributed by atoms with E-state index in [4.69, 9.17) is 0 Å². The van der Waals surface area contributed by atoms with E-state index in [9.17, 15) is 0 Å². The Hall–Kier alpha value is -3.63. The summed E-state index contributed by atoms with van der Waals surface area (Å²) in [4.78, 5) is 0. The third kappa shape index (κ3) is 5.60. The molecule has 0 saturated heterocycles. The molecule has 1 aliphatic rings. The molecule has 0 saturated carbocycles. The quantitative estimate of drug-likeness (QED) is 0.291. The van der Waals surface area contributed by atoms with Crippen molar-refractivity contribution < 1.29 is 0 Å². The number of para-hydroxylation sites is 1. The number of thiol groups is 1. The predicted octanol–water partition coefficient (Wildman–Crippen LogP) is 8.34. The fraction of sp³-hybridized carbons (Fsp3) is 0.188. The molecule has 4 aromatic rings. The van der Waals surface area contributed by atoms with Crippen molar-refractivity contribution in [2.45, 2.75) is 32.6 Å². The van der Waals surface area contributed by atoms with Gasteiger partial charge in [0.25, 0.3) is 0 Å². The van der Waals surface area contributed by atoms with E-state index in [2.05, 4.69) is 139 Å². The Balaban J connectivity index is 0.00000148. The highest BCUT2D eigenvalue weighted by molar-refractivity contribution is 7.79. The van der Waals surface area contributed by atoms with E-state index in [0.29, 0.717) is 0 Å². The average molecular weight is 492 g/mol. The van der Waals surface area contributed by atoms with Crippen LogP contribution in [0, 0.1) is 0 Å². The van der Waals surface area contributed by atoms with Gasteiger partial charge in [-0.2, -0.15) is 12.6 Å². The summed E-state index contributed by atoms with van der Waals surface area (Å²) in [7, 11) is 0. The van der Waals surface area contributed by atoms with E-state index in [1.165, 1.54) is 16.7 Å². The fourth-order valence-corrected chi connectivity index (χ4v) is 4.18. The van der Waals surface area contributed by atoms with Crippen LogP contribution in [0.15, 0.2) is 109 Å². The summed E-state index contributed by atoms with van der Waals surface area (Å²) in [6.45, 7) is 6.69. The van der Waals surface area contributed by atoms with Crippen molar-refractivity contribution in [3.63, 3.8) is 0 Å². The maximum absolute atomic E-state index is 4.64. The smallest absolute Gasteiger partial charge is 0.168 e. The molecule has 0 spiro atoms. The number of rotatable bonds is 4. The third-order valence-corrected chi connectivity index (χ3v) is 6.14. The highest BCUT2D eigenvalue weighted by Gasteiger charge is 2.19. The summed E-state index contributed by atoms with van der Waals surface area (Å²) in [6.07, 6.45) is 13.5. The normalized spacial score (nSPS) is 13.0. The predicted molar refractivity (Wildman–Crippen MR) is 157 cm³/mol. The SMILES string of the molecule is CC(C)(C)c1ccc(-c2nnc(-c3ccc(C4=CC=CCC=C4)cc3)n2-c2ccccc2)cc1.CS. The number of hydrogen-bond acceptors (Lipinski definition) is 3. The topological polar surface area (TPSA) is 30.7 Å². The van der Waals surface area contributed by atoms with Gasteiger partial charge in [-0.25, -0.2) is 0 Å². The molecular weight excluding hydrogens is 458 g/mol. The molecule has 0 unspecified atom stereocenters. The van der Waals surface area contributed by atoms with Gasteiger partial charge < -0.3 is 0 Å². The van der Waals surface area contributed by atoms with Crippen LogP contribution in [0.5, 0.6) is 0 Å². The molecule has 182 valence electrons. The highest BCUT2D eigenvalue weighted by atomic mass is 32.1. The van der Waals surface area contributed by atoms with Gasteiger partial charge in [0.1, 0.15) is 0 Å². The molecule has 3 aromatic carbocycles. The zero-order valence-corrected chi connectivity index (χ0v) is 22.3. The molecule has 0 amide bonds. The van der Waals surface area contributed by atoms with Gasteiger partial charge in [-0.1, -0.05) is 118 Å². The van der Waals surface area contributed by atoms with Crippen molar-refractivity contribution in [3.8, 4) is 28.5 Å². The maximum Gasteiger partial charge on any atom is 0.168 e. The van der Waals surface area contributed by atoms with Gasteiger partial charge in [0.2, 0.25) is 0 Å². The minimum absolute atomic E-state index is 0.107. The Kier molecular flexibility index (Phi) is 8.07. The van der Waals surface area contributed by atoms with Crippen LogP contribution in [0.3, 0.4) is 0 Å². The van der Waals surface area contributed by atoms with Crippen molar-refractivity contribution in [3.05, 3.63) is 120 Å². The van der Waals surface area contributed by atoms with E-state index in [1.54, 1.807) is 6.26 Å². The number of benzene rings is 3. The Morgan fingerprint density at radius 2 is 1.25 bits per heavy atom. The zero-order chi connectivity index (χ0) is 25.5. The summed E-state index contributed by atoms with van der Waals surface area (Å²) in [5.74, 6) is 1.67. The minimum atomic E-state index is 0.107. The molecule has 5 rings (SSSR count). The fourth-order valence-electron chi connectivity index (χ4n) is 4.18. The standard InChI is InChI=1S/C31H29N3.CH4S/c1-31(2,3)27-21-19-26(20-22-27)30-33-32-29(34(30)28-13-9-6-10-14-28)25-17-15-24(16-18-25)23-11-7-4-5-8-12-23;1-2/h4,6-22H,5H2,1-3H3;2H,1H3. The summed E-state index contributed by atoms with van der Waals surface area (Å²) >= 11 is 3.53. The van der Waals surface area contributed by atoms with Crippen molar-refractivity contribution in [2.75, 3.05) is 6.26 Å². The van der Waals surface area contributed by atoms with E-state index in [-0.39, 0.29) is 5.41 Å². The Labute approximate surface area is 220 Å². The second-order valence-electron chi connectivity index (χ2n) is 9.61. The van der Waals surface area contributed by atoms with Crippen LogP contribution in [-0.4, -0.2) is 21.0 Å². The van der Waals surface area contributed by atoms with Gasteiger partial charge in [0.15, 0.2) is 11.6 Å². The summed E-state index contributed by atoms with van der Waals surface area (Å²) in [5, 5.41) is 9.28. The van der Waals surface area contributed by atoms with Gasteiger partial charge in [-0.3, -0.25) is 4.57 Å². The molecule has 4 heteroatoms. The maximum atomic E-state index is 4.64. The van der Waals surface area contributed by atoms with E-state index < -0.39 is 0 Å². The zero-order valence-electron chi connectivity index (χ0n) is 21.4. The number of nitrogens with zero attached hydrogens (tertiary/aromatic N) is 3. The lowest BCUT2D eigenvalue weighted by Gasteiger charge is -2.19. The number of hydrogen-bond donors (Lipinski definition) is 1. The van der Waals surface area contributed by atoms with Crippen LogP contribution in [-0.2, 0) is 5.41 Å². The first-order valence-electron chi connectivity index (χ1n) is 12.2. The van der Waals surface area contributed by atoms with E-state index >= 15 is 0 Å². The molecule has 0 radical (unpaired) electrons. The average Bonchev–Trinajstić information content (AvgIpc) is 3.17. The molecule has 0 atom stereocenters. The molecule has 0 N–H and O–H groups in total. The van der Waals surface area contributed by atoms with Crippen molar-refractivity contribution in [2.24, 2.45) is 0 Å². The van der Waals surface area contributed by atoms with Gasteiger partial charge in [0, 0.05) is 16.8 Å². The lowest BCUT2D eigenvalue weighted by Crippen LogP contribution is -2.10. The number of allylic oxidation sites excluding steroid dienone is 6. The Bertz CT molecular complexity index is 1370. The monoisotopic (exact) mass is 491 g/mol. The summed E-state index contributed by atoms with van der Waals surface area (Å²) < 4.78 is 2.15. The molecule has 0 bridgehead atoms. The Morgan fingerprint density at radius 1 is 0.694 bits per heavy atom. The molecule has 36 heavy (non-hydrogen) atoms. The van der Waals surface area contributed by atoms with E-state index in [1.807, 2.05) is 18.2 Å². The van der Waals surface area contributed by atoms with E-state index in [0.717, 1.165) is 34.9 Å². The molecule has 0 aliphatic heterocycles. The van der Waals surface area contributed by atoms with Gasteiger partial charge >= 0.3 is 0 Å². The van der Waals surface area contributed by atoms with Gasteiger partial charge in [0.05, 0.1) is 0 Å². The molecule has 1 aromatic heterocycles. The van der Waals surface area contributed by atoms with Crippen molar-refractivity contribution >= 4 is 18.2 Å². The van der Waals surface area contributed by atoms with Crippen LogP contribution >= 0.6 is 12.6 Å². The minimum Gasteiger partial charge on any atom is -0.275 e. The second-order valence-corrected chi connectivity index (χ2v) is 9.61. The van der Waals surface area contributed by atoms with Crippen LogP contribution in [0.4, 0.5) is 0 Å². The van der Waals surface area contributed by atoms with Crippen LogP contribution in [0.25, 0.3) is 34.0 Å². The van der Waals surface area contributed by atoms with Crippen LogP contribution in [0.2, 0.25) is 0 Å². The number of aromatic nitrogens is 3. The lowest BCUT2D eigenvalue weighted by molar-refractivity contribution is 0.590. The highest BCUT2D eigenvalue weighted by Crippen LogP contribution is 2.31. The van der Waals surface area contributed by atoms with Gasteiger partial charge in [-0.15, -0.1) is 10.2 Å². The molecule has 1 aliphatic carbocycles. The summed E-state index contributed by atoms with van der Waals surface area (Å²) in [6, 6.07) is 27.6. The molecule has 1 heterocycles. The molecular formula is C32H33N3S. The van der Waals surface area contributed by atoms with Crippen molar-refractivity contribution in [1.82, 2.24) is 14.8 Å².